The molecule has 1 saturated heterocycles. The molecule has 13 heavy (non-hydrogen) atoms. The number of morpholine rings is 1. The van der Waals surface area contributed by atoms with Crippen molar-refractivity contribution >= 4 is 0 Å². The van der Waals surface area contributed by atoms with Crippen molar-refractivity contribution in [2.45, 2.75) is 19.4 Å². The Balaban J connectivity index is 1.94. The van der Waals surface area contributed by atoms with Gasteiger partial charge in [-0.05, 0) is 6.92 Å². The minimum atomic E-state index is 0.225. The molecule has 0 spiro atoms. The molecular weight excluding hydrogens is 166 g/mol. The summed E-state index contributed by atoms with van der Waals surface area (Å²) in [6.45, 7) is 5.88. The van der Waals surface area contributed by atoms with Gasteiger partial charge in [0.2, 0.25) is 0 Å². The van der Waals surface area contributed by atoms with Crippen LogP contribution in [0.3, 0.4) is 0 Å². The lowest BCUT2D eigenvalue weighted by Gasteiger charge is -2.23. The number of nitrogens with one attached hydrogen (secondary N) is 1. The van der Waals surface area contributed by atoms with Gasteiger partial charge in [-0.2, -0.15) is 0 Å². The summed E-state index contributed by atoms with van der Waals surface area (Å²) in [4.78, 5) is 0. The van der Waals surface area contributed by atoms with E-state index < -0.39 is 0 Å². The quantitative estimate of drug-likeness (QED) is 0.505. The van der Waals surface area contributed by atoms with Crippen LogP contribution in [0.15, 0.2) is 0 Å². The van der Waals surface area contributed by atoms with Crippen LogP contribution in [0.25, 0.3) is 0 Å². The molecule has 1 rings (SSSR count). The SMILES string of the molecule is CC#CCCOCC1CNCCO1. The zero-order chi connectivity index (χ0) is 9.36. The Hall–Kier alpha value is -0.560. The molecule has 1 atom stereocenters. The second-order valence-corrected chi connectivity index (χ2v) is 2.95. The Labute approximate surface area is 79.8 Å². The smallest absolute Gasteiger partial charge is 0.0933 e. The third-order valence-corrected chi connectivity index (χ3v) is 1.86. The van der Waals surface area contributed by atoms with Crippen LogP contribution in [-0.4, -0.2) is 39.0 Å². The van der Waals surface area contributed by atoms with Crippen LogP contribution < -0.4 is 5.32 Å². The topological polar surface area (TPSA) is 30.5 Å². The monoisotopic (exact) mass is 183 g/mol. The summed E-state index contributed by atoms with van der Waals surface area (Å²) in [5.41, 5.74) is 0. The Morgan fingerprint density at radius 2 is 2.54 bits per heavy atom. The Bertz CT molecular complexity index is 177. The molecule has 0 aromatic rings. The van der Waals surface area contributed by atoms with E-state index in [4.69, 9.17) is 9.47 Å². The van der Waals surface area contributed by atoms with Crippen molar-refractivity contribution in [3.63, 3.8) is 0 Å². The molecule has 0 aromatic carbocycles. The van der Waals surface area contributed by atoms with Gasteiger partial charge in [0.1, 0.15) is 0 Å². The first-order chi connectivity index (χ1) is 6.43. The summed E-state index contributed by atoms with van der Waals surface area (Å²) < 4.78 is 10.9. The van der Waals surface area contributed by atoms with E-state index >= 15 is 0 Å². The molecule has 1 unspecified atom stereocenters. The van der Waals surface area contributed by atoms with Crippen LogP contribution >= 0.6 is 0 Å². The number of hydrogen-bond donors (Lipinski definition) is 1. The molecular formula is C10H17NO2. The maximum atomic E-state index is 5.46. The molecule has 3 nitrogen and oxygen atoms in total. The Morgan fingerprint density at radius 1 is 1.62 bits per heavy atom. The van der Waals surface area contributed by atoms with Gasteiger partial charge in [0.15, 0.2) is 0 Å². The highest BCUT2D eigenvalue weighted by Gasteiger charge is 2.12. The van der Waals surface area contributed by atoms with E-state index in [1.807, 2.05) is 6.92 Å². The second-order valence-electron chi connectivity index (χ2n) is 2.95. The standard InChI is InChI=1S/C10H17NO2/c1-2-3-4-6-12-9-10-8-11-5-7-13-10/h10-11H,4-9H2,1H3. The second kappa shape index (κ2) is 6.90. The summed E-state index contributed by atoms with van der Waals surface area (Å²) in [7, 11) is 0. The van der Waals surface area contributed by atoms with Gasteiger partial charge in [0.25, 0.3) is 0 Å². The fourth-order valence-electron chi connectivity index (χ4n) is 1.19. The van der Waals surface area contributed by atoms with E-state index in [-0.39, 0.29) is 6.10 Å². The van der Waals surface area contributed by atoms with Crippen LogP contribution in [-0.2, 0) is 9.47 Å². The first kappa shape index (κ1) is 10.5. The van der Waals surface area contributed by atoms with Gasteiger partial charge in [-0.25, -0.2) is 0 Å². The summed E-state index contributed by atoms with van der Waals surface area (Å²) in [6, 6.07) is 0. The minimum absolute atomic E-state index is 0.225. The third kappa shape index (κ3) is 4.89. The van der Waals surface area contributed by atoms with Crippen molar-refractivity contribution in [1.29, 1.82) is 0 Å². The Kier molecular flexibility index (Phi) is 5.59. The fourth-order valence-corrected chi connectivity index (χ4v) is 1.19. The van der Waals surface area contributed by atoms with Crippen LogP contribution in [0.5, 0.6) is 0 Å². The van der Waals surface area contributed by atoms with Gasteiger partial charge < -0.3 is 14.8 Å². The molecule has 1 fully saturated rings. The predicted octanol–water partition coefficient (Wildman–Crippen LogP) is 0.405. The van der Waals surface area contributed by atoms with Crippen molar-refractivity contribution in [3.8, 4) is 11.8 Å². The molecule has 0 aromatic heterocycles. The summed E-state index contributed by atoms with van der Waals surface area (Å²) in [6.07, 6.45) is 1.04. The highest BCUT2D eigenvalue weighted by atomic mass is 16.5. The highest BCUT2D eigenvalue weighted by molar-refractivity contribution is 4.94. The van der Waals surface area contributed by atoms with E-state index in [2.05, 4.69) is 17.2 Å². The zero-order valence-electron chi connectivity index (χ0n) is 8.14. The minimum Gasteiger partial charge on any atom is -0.378 e. The summed E-state index contributed by atoms with van der Waals surface area (Å²) in [5, 5.41) is 3.25. The molecule has 0 saturated carbocycles. The van der Waals surface area contributed by atoms with Crippen molar-refractivity contribution in [3.05, 3.63) is 0 Å². The third-order valence-electron chi connectivity index (χ3n) is 1.86. The Morgan fingerprint density at radius 3 is 3.23 bits per heavy atom. The van der Waals surface area contributed by atoms with Gasteiger partial charge in [-0.15, -0.1) is 11.8 Å². The van der Waals surface area contributed by atoms with E-state index in [9.17, 15) is 0 Å². The van der Waals surface area contributed by atoms with E-state index in [0.29, 0.717) is 13.2 Å². The van der Waals surface area contributed by atoms with Crippen molar-refractivity contribution in [2.75, 3.05) is 32.9 Å². The summed E-state index contributed by atoms with van der Waals surface area (Å²) >= 11 is 0. The highest BCUT2D eigenvalue weighted by Crippen LogP contribution is 1.96. The maximum absolute atomic E-state index is 5.46. The molecule has 0 radical (unpaired) electrons. The van der Waals surface area contributed by atoms with Crippen LogP contribution in [0.4, 0.5) is 0 Å². The lowest BCUT2D eigenvalue weighted by molar-refractivity contribution is -0.0301. The van der Waals surface area contributed by atoms with Crippen molar-refractivity contribution in [2.24, 2.45) is 0 Å². The molecule has 0 bridgehead atoms. The number of ether oxygens (including phenoxy) is 2. The molecule has 0 amide bonds. The molecule has 1 aliphatic rings. The maximum Gasteiger partial charge on any atom is 0.0933 e. The first-order valence-electron chi connectivity index (χ1n) is 4.73. The molecule has 1 N–H and O–H groups in total. The van der Waals surface area contributed by atoms with E-state index in [1.54, 1.807) is 0 Å². The normalized spacial score (nSPS) is 22.1. The molecule has 1 heterocycles. The average Bonchev–Trinajstić information content (AvgIpc) is 2.19. The molecule has 74 valence electrons. The van der Waals surface area contributed by atoms with Gasteiger partial charge in [-0.3, -0.25) is 0 Å². The predicted molar refractivity (Wildman–Crippen MR) is 51.5 cm³/mol. The summed E-state index contributed by atoms with van der Waals surface area (Å²) in [5.74, 6) is 5.79. The first-order valence-corrected chi connectivity index (χ1v) is 4.73. The van der Waals surface area contributed by atoms with E-state index in [0.717, 1.165) is 26.1 Å². The van der Waals surface area contributed by atoms with E-state index in [1.165, 1.54) is 0 Å². The van der Waals surface area contributed by atoms with Crippen LogP contribution in [0.1, 0.15) is 13.3 Å². The van der Waals surface area contributed by atoms with Crippen molar-refractivity contribution < 1.29 is 9.47 Å². The molecule has 1 aliphatic heterocycles. The van der Waals surface area contributed by atoms with Gasteiger partial charge in [0, 0.05) is 19.5 Å². The molecule has 3 heteroatoms. The lowest BCUT2D eigenvalue weighted by atomic mass is 10.3. The van der Waals surface area contributed by atoms with Crippen molar-refractivity contribution in [1.82, 2.24) is 5.32 Å². The molecule has 0 aliphatic carbocycles. The van der Waals surface area contributed by atoms with Crippen LogP contribution in [0.2, 0.25) is 0 Å². The van der Waals surface area contributed by atoms with Gasteiger partial charge >= 0.3 is 0 Å². The van der Waals surface area contributed by atoms with Gasteiger partial charge in [-0.1, -0.05) is 0 Å². The van der Waals surface area contributed by atoms with Crippen LogP contribution in [0, 0.1) is 11.8 Å². The number of rotatable bonds is 4. The average molecular weight is 183 g/mol. The largest absolute Gasteiger partial charge is 0.378 e. The lowest BCUT2D eigenvalue weighted by Crippen LogP contribution is -2.41. The number of hydrogen-bond acceptors (Lipinski definition) is 3. The zero-order valence-corrected chi connectivity index (χ0v) is 8.14. The van der Waals surface area contributed by atoms with Gasteiger partial charge in [0.05, 0.1) is 25.9 Å². The fraction of sp³-hybridized carbons (Fsp3) is 0.800.